The number of carboxylic acids is 1. The van der Waals surface area contributed by atoms with Crippen molar-refractivity contribution < 1.29 is 23.1 Å². The number of benzene rings is 2. The van der Waals surface area contributed by atoms with Gasteiger partial charge in [-0.15, -0.1) is 6.58 Å². The van der Waals surface area contributed by atoms with E-state index in [1.165, 1.54) is 12.1 Å². The van der Waals surface area contributed by atoms with E-state index in [1.807, 2.05) is 37.3 Å². The van der Waals surface area contributed by atoms with Gasteiger partial charge in [0.1, 0.15) is 6.04 Å². The number of aliphatic carboxylic acids is 1. The predicted octanol–water partition coefficient (Wildman–Crippen LogP) is 3.45. The molecular weight excluding hydrogens is 390 g/mol. The summed E-state index contributed by atoms with van der Waals surface area (Å²) in [6.45, 7) is 5.58. The lowest BCUT2D eigenvalue weighted by Crippen LogP contribution is -2.48. The van der Waals surface area contributed by atoms with Gasteiger partial charge in [0.15, 0.2) is 0 Å². The molecule has 1 heterocycles. The predicted molar refractivity (Wildman–Crippen MR) is 110 cm³/mol. The Morgan fingerprint density at radius 3 is 2.48 bits per heavy atom. The first kappa shape index (κ1) is 21.2. The van der Waals surface area contributed by atoms with Crippen LogP contribution in [0.15, 0.2) is 72.1 Å². The fourth-order valence-electron chi connectivity index (χ4n) is 3.67. The Bertz CT molecular complexity index is 956. The quantitative estimate of drug-likeness (QED) is 0.644. The minimum Gasteiger partial charge on any atom is -0.480 e. The van der Waals surface area contributed by atoms with Crippen molar-refractivity contribution in [3.63, 3.8) is 0 Å². The van der Waals surface area contributed by atoms with Crippen LogP contribution in [0, 0.1) is 12.8 Å². The first-order valence-electron chi connectivity index (χ1n) is 9.45. The van der Waals surface area contributed by atoms with Gasteiger partial charge in [-0.3, -0.25) is 4.79 Å². The van der Waals surface area contributed by atoms with Gasteiger partial charge in [0.2, 0.25) is 10.0 Å². The van der Waals surface area contributed by atoms with Crippen LogP contribution in [0.4, 0.5) is 0 Å². The van der Waals surface area contributed by atoms with Crippen molar-refractivity contribution in [2.45, 2.75) is 42.9 Å². The van der Waals surface area contributed by atoms with Crippen LogP contribution in [0.1, 0.15) is 30.1 Å². The monoisotopic (exact) mass is 415 g/mol. The van der Waals surface area contributed by atoms with Crippen molar-refractivity contribution in [2.24, 2.45) is 5.92 Å². The van der Waals surface area contributed by atoms with E-state index >= 15 is 0 Å². The van der Waals surface area contributed by atoms with Crippen molar-refractivity contribution in [1.82, 2.24) is 4.72 Å². The zero-order valence-electron chi connectivity index (χ0n) is 16.2. The number of rotatable bonds is 8. The Morgan fingerprint density at radius 1 is 1.24 bits per heavy atom. The van der Waals surface area contributed by atoms with Crippen LogP contribution in [-0.2, 0) is 19.6 Å². The number of hydrogen-bond donors (Lipinski definition) is 2. The largest absolute Gasteiger partial charge is 0.480 e. The summed E-state index contributed by atoms with van der Waals surface area (Å²) in [6, 6.07) is 14.5. The van der Waals surface area contributed by atoms with E-state index in [2.05, 4.69) is 11.3 Å². The first-order chi connectivity index (χ1) is 13.8. The molecule has 0 bridgehead atoms. The van der Waals surface area contributed by atoms with Crippen LogP contribution in [0.3, 0.4) is 0 Å². The van der Waals surface area contributed by atoms with Gasteiger partial charge < -0.3 is 9.84 Å². The molecular formula is C22H25NO5S. The summed E-state index contributed by atoms with van der Waals surface area (Å²) in [4.78, 5) is 12.1. The smallest absolute Gasteiger partial charge is 0.322 e. The maximum atomic E-state index is 12.8. The zero-order valence-corrected chi connectivity index (χ0v) is 17.0. The highest BCUT2D eigenvalue weighted by molar-refractivity contribution is 7.89. The number of carbonyl (C=O) groups is 1. The molecule has 0 radical (unpaired) electrons. The van der Waals surface area contributed by atoms with Crippen LogP contribution in [-0.4, -0.2) is 31.6 Å². The second-order valence-corrected chi connectivity index (χ2v) is 8.96. The molecule has 4 atom stereocenters. The Morgan fingerprint density at radius 2 is 1.90 bits per heavy atom. The Kier molecular flexibility index (Phi) is 6.52. The number of hydrogen-bond acceptors (Lipinski definition) is 4. The van der Waals surface area contributed by atoms with Crippen LogP contribution >= 0.6 is 0 Å². The number of carboxylic acid groups (broad SMARTS) is 1. The van der Waals surface area contributed by atoms with Crippen LogP contribution in [0.25, 0.3) is 0 Å². The first-order valence-corrected chi connectivity index (χ1v) is 10.9. The summed E-state index contributed by atoms with van der Waals surface area (Å²) in [7, 11) is -3.99. The molecule has 2 aromatic rings. The number of nitrogens with one attached hydrogen (secondary N) is 1. The Balaban J connectivity index is 1.87. The Hall–Kier alpha value is -2.48. The molecule has 1 fully saturated rings. The van der Waals surface area contributed by atoms with E-state index in [0.717, 1.165) is 11.1 Å². The van der Waals surface area contributed by atoms with Crippen LogP contribution in [0.2, 0.25) is 0 Å². The molecule has 29 heavy (non-hydrogen) atoms. The standard InChI is InChI=1S/C22H25NO5S/c1-3-7-19-18(14-20(28-19)16-8-5-4-6-9-16)21(22(24)25)23-29(26,27)17-12-10-15(2)11-13-17/h3-6,8-13,18-21,23H,1,7,14H2,2H3,(H,24,25)/t18-,19-,20+,21?/m0/s1. The molecule has 0 amide bonds. The molecule has 1 unspecified atom stereocenters. The molecule has 1 saturated heterocycles. The molecule has 1 aliphatic rings. The second kappa shape index (κ2) is 8.90. The molecule has 7 heteroatoms. The van der Waals surface area contributed by atoms with E-state index in [9.17, 15) is 18.3 Å². The van der Waals surface area contributed by atoms with Crippen molar-refractivity contribution in [1.29, 1.82) is 0 Å². The number of aryl methyl sites for hydroxylation is 1. The lowest BCUT2D eigenvalue weighted by molar-refractivity contribution is -0.141. The average molecular weight is 416 g/mol. The minimum atomic E-state index is -3.99. The number of ether oxygens (including phenoxy) is 1. The van der Waals surface area contributed by atoms with Crippen molar-refractivity contribution >= 4 is 16.0 Å². The van der Waals surface area contributed by atoms with Gasteiger partial charge in [0.25, 0.3) is 0 Å². The third-order valence-corrected chi connectivity index (χ3v) is 6.64. The molecule has 154 valence electrons. The van der Waals surface area contributed by atoms with E-state index in [1.54, 1.807) is 18.2 Å². The van der Waals surface area contributed by atoms with Gasteiger partial charge in [-0.1, -0.05) is 54.1 Å². The van der Waals surface area contributed by atoms with Crippen LogP contribution < -0.4 is 4.72 Å². The van der Waals surface area contributed by atoms with E-state index < -0.39 is 34.1 Å². The third kappa shape index (κ3) is 4.93. The molecule has 0 spiro atoms. The van der Waals surface area contributed by atoms with Crippen LogP contribution in [0.5, 0.6) is 0 Å². The second-order valence-electron chi connectivity index (χ2n) is 7.25. The van der Waals surface area contributed by atoms with Crippen molar-refractivity contribution in [3.05, 3.63) is 78.4 Å². The molecule has 3 rings (SSSR count). The fourth-order valence-corrected chi connectivity index (χ4v) is 4.91. The summed E-state index contributed by atoms with van der Waals surface area (Å²) in [6.07, 6.45) is 1.76. The SMILES string of the molecule is C=CC[C@@H]1O[C@@H](c2ccccc2)C[C@@H]1C(NS(=O)(=O)c1ccc(C)cc1)C(=O)O. The molecule has 0 aliphatic carbocycles. The zero-order chi connectivity index (χ0) is 21.0. The third-order valence-electron chi connectivity index (χ3n) is 5.18. The highest BCUT2D eigenvalue weighted by Gasteiger charge is 2.44. The van der Waals surface area contributed by atoms with Gasteiger partial charge in [0.05, 0.1) is 17.1 Å². The maximum absolute atomic E-state index is 12.8. The summed E-state index contributed by atoms with van der Waals surface area (Å²) < 4.78 is 34.1. The van der Waals surface area contributed by atoms with Crippen molar-refractivity contribution in [3.8, 4) is 0 Å². The van der Waals surface area contributed by atoms with Gasteiger partial charge in [-0.05, 0) is 37.5 Å². The van der Waals surface area contributed by atoms with Gasteiger partial charge in [-0.25, -0.2) is 8.42 Å². The lowest BCUT2D eigenvalue weighted by atomic mass is 9.89. The average Bonchev–Trinajstić information content (AvgIpc) is 3.11. The van der Waals surface area contributed by atoms with Gasteiger partial charge in [0, 0.05) is 5.92 Å². The molecule has 2 aromatic carbocycles. The highest BCUT2D eigenvalue weighted by Crippen LogP contribution is 2.40. The van der Waals surface area contributed by atoms with E-state index in [0.29, 0.717) is 12.8 Å². The van der Waals surface area contributed by atoms with Gasteiger partial charge >= 0.3 is 5.97 Å². The molecule has 0 saturated carbocycles. The molecule has 6 nitrogen and oxygen atoms in total. The highest BCUT2D eigenvalue weighted by atomic mass is 32.2. The molecule has 2 N–H and O–H groups in total. The normalized spacial score (nSPS) is 22.9. The van der Waals surface area contributed by atoms with E-state index in [4.69, 9.17) is 4.74 Å². The maximum Gasteiger partial charge on any atom is 0.322 e. The van der Waals surface area contributed by atoms with E-state index in [-0.39, 0.29) is 11.0 Å². The topological polar surface area (TPSA) is 92.7 Å². The summed E-state index contributed by atoms with van der Waals surface area (Å²) in [5.41, 5.74) is 1.86. The summed E-state index contributed by atoms with van der Waals surface area (Å²) in [5, 5.41) is 9.82. The molecule has 1 aliphatic heterocycles. The fraction of sp³-hybridized carbons (Fsp3) is 0.318. The van der Waals surface area contributed by atoms with Crippen molar-refractivity contribution in [2.75, 3.05) is 0 Å². The summed E-state index contributed by atoms with van der Waals surface area (Å²) >= 11 is 0. The minimum absolute atomic E-state index is 0.0353. The molecule has 0 aromatic heterocycles. The van der Waals surface area contributed by atoms with Gasteiger partial charge in [-0.2, -0.15) is 4.72 Å². The summed E-state index contributed by atoms with van der Waals surface area (Å²) in [5.74, 6) is -1.76. The lowest BCUT2D eigenvalue weighted by Gasteiger charge is -2.24. The number of sulfonamides is 1. The Labute approximate surface area is 171 Å².